The van der Waals surface area contributed by atoms with Gasteiger partial charge in [0, 0.05) is 25.5 Å². The highest BCUT2D eigenvalue weighted by Crippen LogP contribution is 2.29. The molecule has 130 valence electrons. The minimum atomic E-state index is -0.353. The topological polar surface area (TPSA) is 83.3 Å². The maximum atomic E-state index is 12.6. The van der Waals surface area contributed by atoms with E-state index in [-0.39, 0.29) is 17.6 Å². The van der Waals surface area contributed by atoms with Gasteiger partial charge in [0.25, 0.3) is 0 Å². The lowest BCUT2D eigenvalue weighted by atomic mass is 9.87. The largest absolute Gasteiger partial charge is 0.393 e. The van der Waals surface area contributed by atoms with Gasteiger partial charge in [0.15, 0.2) is 5.65 Å². The smallest absolute Gasteiger partial charge is 0.321 e. The highest BCUT2D eigenvalue weighted by molar-refractivity contribution is 5.92. The molecule has 0 aromatic carbocycles. The maximum Gasteiger partial charge on any atom is 0.321 e. The minimum absolute atomic E-state index is 0.102. The molecule has 1 fully saturated rings. The molecule has 24 heavy (non-hydrogen) atoms. The van der Waals surface area contributed by atoms with E-state index >= 15 is 0 Å². The van der Waals surface area contributed by atoms with Gasteiger partial charge in [-0.3, -0.25) is 4.68 Å². The van der Waals surface area contributed by atoms with Crippen LogP contribution in [-0.4, -0.2) is 50.0 Å². The summed E-state index contributed by atoms with van der Waals surface area (Å²) in [4.78, 5) is 18.8. The van der Waals surface area contributed by atoms with Crippen LogP contribution < -0.4 is 5.32 Å². The SMILES string of the molecule is Cc1nn(C)c2ncc(NC(=O)N3CCC(O)CC(C)(C)C3)cc12. The van der Waals surface area contributed by atoms with Crippen molar-refractivity contribution in [3.8, 4) is 0 Å². The highest BCUT2D eigenvalue weighted by Gasteiger charge is 2.31. The van der Waals surface area contributed by atoms with Crippen LogP contribution in [0.15, 0.2) is 12.3 Å². The molecule has 1 atom stereocenters. The molecule has 7 heteroatoms. The normalized spacial score (nSPS) is 20.9. The van der Waals surface area contributed by atoms with E-state index in [1.165, 1.54) is 0 Å². The Labute approximate surface area is 141 Å². The Hall–Kier alpha value is -2.15. The minimum Gasteiger partial charge on any atom is -0.393 e. The van der Waals surface area contributed by atoms with Crippen LogP contribution in [0.2, 0.25) is 0 Å². The molecule has 0 spiro atoms. The number of aromatic nitrogens is 3. The van der Waals surface area contributed by atoms with E-state index in [1.807, 2.05) is 20.0 Å². The predicted octanol–water partition coefficient (Wildman–Crippen LogP) is 2.29. The summed E-state index contributed by atoms with van der Waals surface area (Å²) in [5, 5.41) is 18.2. The summed E-state index contributed by atoms with van der Waals surface area (Å²) < 4.78 is 1.73. The molecule has 0 saturated carbocycles. The second kappa shape index (κ2) is 6.05. The summed E-state index contributed by atoms with van der Waals surface area (Å²) in [6.07, 6.45) is 2.61. The van der Waals surface area contributed by atoms with Gasteiger partial charge in [-0.2, -0.15) is 5.10 Å². The monoisotopic (exact) mass is 331 g/mol. The summed E-state index contributed by atoms with van der Waals surface area (Å²) >= 11 is 0. The van der Waals surface area contributed by atoms with Gasteiger partial charge in [-0.15, -0.1) is 0 Å². The molecule has 2 amide bonds. The summed E-state index contributed by atoms with van der Waals surface area (Å²) in [6.45, 7) is 7.26. The molecular weight excluding hydrogens is 306 g/mol. The first-order valence-electron chi connectivity index (χ1n) is 8.28. The first kappa shape index (κ1) is 16.7. The molecular formula is C17H25N5O2. The Kier molecular flexibility index (Phi) is 4.21. The number of pyridine rings is 1. The molecule has 0 radical (unpaired) electrons. The molecule has 7 nitrogen and oxygen atoms in total. The third-order valence-electron chi connectivity index (χ3n) is 4.54. The van der Waals surface area contributed by atoms with Crippen LogP contribution in [0.3, 0.4) is 0 Å². The third kappa shape index (κ3) is 3.36. The van der Waals surface area contributed by atoms with Crippen LogP contribution in [0.1, 0.15) is 32.4 Å². The number of nitrogens with zero attached hydrogens (tertiary/aromatic N) is 4. The number of amides is 2. The van der Waals surface area contributed by atoms with Crippen molar-refractivity contribution in [2.45, 2.75) is 39.7 Å². The number of likely N-dealkylation sites (tertiary alicyclic amines) is 1. The first-order chi connectivity index (χ1) is 11.2. The first-order valence-corrected chi connectivity index (χ1v) is 8.28. The molecule has 2 N–H and O–H groups in total. The summed E-state index contributed by atoms with van der Waals surface area (Å²) in [5.41, 5.74) is 2.24. The Balaban J connectivity index is 1.78. The highest BCUT2D eigenvalue weighted by atomic mass is 16.3. The molecule has 3 heterocycles. The van der Waals surface area contributed by atoms with E-state index in [9.17, 15) is 9.90 Å². The van der Waals surface area contributed by atoms with Crippen molar-refractivity contribution < 1.29 is 9.90 Å². The molecule has 2 aromatic rings. The van der Waals surface area contributed by atoms with Crippen molar-refractivity contribution in [2.75, 3.05) is 18.4 Å². The molecule has 1 aliphatic rings. The van der Waals surface area contributed by atoms with E-state index in [0.29, 0.717) is 31.6 Å². The number of aryl methyl sites for hydroxylation is 2. The second-order valence-corrected chi connectivity index (χ2v) is 7.47. The Morgan fingerprint density at radius 3 is 2.96 bits per heavy atom. The lowest BCUT2D eigenvalue weighted by Crippen LogP contribution is -2.40. The predicted molar refractivity (Wildman–Crippen MR) is 92.9 cm³/mol. The molecule has 1 saturated heterocycles. The van der Waals surface area contributed by atoms with Crippen molar-refractivity contribution in [3.63, 3.8) is 0 Å². The zero-order valence-electron chi connectivity index (χ0n) is 14.7. The Morgan fingerprint density at radius 1 is 1.46 bits per heavy atom. The van der Waals surface area contributed by atoms with E-state index < -0.39 is 0 Å². The number of fused-ring (bicyclic) bond motifs is 1. The van der Waals surface area contributed by atoms with Crippen LogP contribution in [0, 0.1) is 12.3 Å². The lowest BCUT2D eigenvalue weighted by molar-refractivity contribution is 0.122. The van der Waals surface area contributed by atoms with Gasteiger partial charge in [0.1, 0.15) is 0 Å². The van der Waals surface area contributed by atoms with Crippen LogP contribution >= 0.6 is 0 Å². The van der Waals surface area contributed by atoms with E-state index in [1.54, 1.807) is 15.8 Å². The standard InChI is InChI=1S/C17H25N5O2/c1-11-14-7-12(9-18-15(14)21(4)20-11)19-16(24)22-6-5-13(23)8-17(2,3)10-22/h7,9,13,23H,5-6,8,10H2,1-4H3,(H,19,24). The van der Waals surface area contributed by atoms with E-state index in [0.717, 1.165) is 16.7 Å². The van der Waals surface area contributed by atoms with Crippen LogP contribution in [0.25, 0.3) is 11.0 Å². The number of carbonyl (C=O) groups is 1. The lowest BCUT2D eigenvalue weighted by Gasteiger charge is -2.29. The number of carbonyl (C=O) groups excluding carboxylic acids is 1. The third-order valence-corrected chi connectivity index (χ3v) is 4.54. The van der Waals surface area contributed by atoms with Crippen LogP contribution in [0.5, 0.6) is 0 Å². The van der Waals surface area contributed by atoms with E-state index in [2.05, 4.69) is 29.2 Å². The number of anilines is 1. The molecule has 1 unspecified atom stereocenters. The number of hydrogen-bond acceptors (Lipinski definition) is 4. The zero-order valence-corrected chi connectivity index (χ0v) is 14.7. The Morgan fingerprint density at radius 2 is 2.21 bits per heavy atom. The molecule has 0 bridgehead atoms. The van der Waals surface area contributed by atoms with Crippen molar-refractivity contribution in [3.05, 3.63) is 18.0 Å². The molecule has 2 aromatic heterocycles. The fourth-order valence-electron chi connectivity index (χ4n) is 3.46. The molecule has 3 rings (SSSR count). The van der Waals surface area contributed by atoms with Crippen LogP contribution in [-0.2, 0) is 7.05 Å². The zero-order chi connectivity index (χ0) is 17.5. The number of aliphatic hydroxyl groups excluding tert-OH is 1. The van der Waals surface area contributed by atoms with E-state index in [4.69, 9.17) is 0 Å². The average molecular weight is 331 g/mol. The van der Waals surface area contributed by atoms with Gasteiger partial charge in [0.05, 0.1) is 23.7 Å². The number of aliphatic hydroxyl groups is 1. The van der Waals surface area contributed by atoms with Crippen molar-refractivity contribution in [1.29, 1.82) is 0 Å². The summed E-state index contributed by atoms with van der Waals surface area (Å²) in [7, 11) is 1.85. The van der Waals surface area contributed by atoms with Gasteiger partial charge in [-0.1, -0.05) is 13.8 Å². The quantitative estimate of drug-likeness (QED) is 0.840. The second-order valence-electron chi connectivity index (χ2n) is 7.47. The van der Waals surface area contributed by atoms with Gasteiger partial charge < -0.3 is 15.3 Å². The fourth-order valence-corrected chi connectivity index (χ4v) is 3.46. The van der Waals surface area contributed by atoms with Gasteiger partial charge >= 0.3 is 6.03 Å². The summed E-state index contributed by atoms with van der Waals surface area (Å²) in [5.74, 6) is 0. The number of nitrogens with one attached hydrogen (secondary N) is 1. The molecule has 0 aliphatic carbocycles. The van der Waals surface area contributed by atoms with Crippen molar-refractivity contribution in [1.82, 2.24) is 19.7 Å². The molecule has 1 aliphatic heterocycles. The van der Waals surface area contributed by atoms with Gasteiger partial charge in [0.2, 0.25) is 0 Å². The van der Waals surface area contributed by atoms with Crippen molar-refractivity contribution in [2.24, 2.45) is 12.5 Å². The summed E-state index contributed by atoms with van der Waals surface area (Å²) in [6, 6.07) is 1.75. The van der Waals surface area contributed by atoms with Gasteiger partial charge in [-0.05, 0) is 31.2 Å². The van der Waals surface area contributed by atoms with Crippen LogP contribution in [0.4, 0.5) is 10.5 Å². The average Bonchev–Trinajstić information content (AvgIpc) is 2.68. The van der Waals surface area contributed by atoms with Crippen molar-refractivity contribution >= 4 is 22.8 Å². The number of hydrogen-bond donors (Lipinski definition) is 2. The van der Waals surface area contributed by atoms with Gasteiger partial charge in [-0.25, -0.2) is 9.78 Å². The number of rotatable bonds is 1. The maximum absolute atomic E-state index is 12.6. The Bertz CT molecular complexity index is 768. The number of urea groups is 1. The fraction of sp³-hybridized carbons (Fsp3) is 0.588.